The summed E-state index contributed by atoms with van der Waals surface area (Å²) >= 11 is 0. The first-order valence-corrected chi connectivity index (χ1v) is 9.41. The highest BCUT2D eigenvalue weighted by atomic mass is 16.5. The Morgan fingerprint density at radius 1 is 1.15 bits per heavy atom. The molecule has 0 radical (unpaired) electrons. The Kier molecular flexibility index (Phi) is 9.88. The second-order valence-corrected chi connectivity index (χ2v) is 6.58. The zero-order chi connectivity index (χ0) is 20.2. The lowest BCUT2D eigenvalue weighted by atomic mass is 9.98. The molecule has 1 aromatic carbocycles. The molecule has 0 saturated heterocycles. The standard InChI is InChI=1S/C23H31NO3/c1-6-8-9-13-16-24(22(25)20-14-11-10-12-15-20)21(18(3)4)17-19(5)23(26)27-7-2/h6,8-15,17-18,21H,7,16H2,1-5H3/b8-6+,13-9-,19-17+/t21-/m1/s1. The maximum Gasteiger partial charge on any atom is 0.333 e. The van der Waals surface area contributed by atoms with Gasteiger partial charge in [-0.15, -0.1) is 0 Å². The second kappa shape index (κ2) is 11.9. The highest BCUT2D eigenvalue weighted by Gasteiger charge is 2.26. The minimum atomic E-state index is -0.347. The topological polar surface area (TPSA) is 46.6 Å². The van der Waals surface area contributed by atoms with Crippen LogP contribution in [0.15, 0.2) is 66.3 Å². The van der Waals surface area contributed by atoms with Crippen molar-refractivity contribution in [3.8, 4) is 0 Å². The van der Waals surface area contributed by atoms with Crippen molar-refractivity contribution in [3.63, 3.8) is 0 Å². The summed E-state index contributed by atoms with van der Waals surface area (Å²) in [6.07, 6.45) is 9.57. The Morgan fingerprint density at radius 2 is 1.81 bits per heavy atom. The lowest BCUT2D eigenvalue weighted by Gasteiger charge is -2.32. The number of hydrogen-bond acceptors (Lipinski definition) is 3. The van der Waals surface area contributed by atoms with Gasteiger partial charge in [0.25, 0.3) is 5.91 Å². The van der Waals surface area contributed by atoms with E-state index in [9.17, 15) is 9.59 Å². The van der Waals surface area contributed by atoms with Crippen LogP contribution >= 0.6 is 0 Å². The number of esters is 1. The number of hydrogen-bond donors (Lipinski definition) is 0. The molecule has 1 atom stereocenters. The molecule has 0 aliphatic heterocycles. The lowest BCUT2D eigenvalue weighted by Crippen LogP contribution is -2.42. The highest BCUT2D eigenvalue weighted by molar-refractivity contribution is 5.95. The molecular formula is C23H31NO3. The summed E-state index contributed by atoms with van der Waals surface area (Å²) in [7, 11) is 0. The van der Waals surface area contributed by atoms with Gasteiger partial charge < -0.3 is 9.64 Å². The molecule has 0 N–H and O–H groups in total. The van der Waals surface area contributed by atoms with Gasteiger partial charge in [0, 0.05) is 17.7 Å². The Morgan fingerprint density at radius 3 is 2.37 bits per heavy atom. The first-order chi connectivity index (χ1) is 12.9. The molecule has 0 bridgehead atoms. The molecule has 0 aliphatic carbocycles. The van der Waals surface area contributed by atoms with E-state index in [1.807, 2.05) is 81.5 Å². The number of benzene rings is 1. The normalized spacial score (nSPS) is 13.3. The van der Waals surface area contributed by atoms with Crippen molar-refractivity contribution in [3.05, 3.63) is 71.8 Å². The average Bonchev–Trinajstić information content (AvgIpc) is 2.66. The largest absolute Gasteiger partial charge is 0.463 e. The molecule has 0 saturated carbocycles. The third-order valence-corrected chi connectivity index (χ3v) is 4.08. The van der Waals surface area contributed by atoms with E-state index >= 15 is 0 Å². The average molecular weight is 370 g/mol. The van der Waals surface area contributed by atoms with E-state index in [1.165, 1.54) is 0 Å². The van der Waals surface area contributed by atoms with Crippen LogP contribution in [0.3, 0.4) is 0 Å². The maximum absolute atomic E-state index is 13.2. The van der Waals surface area contributed by atoms with Gasteiger partial charge in [0.1, 0.15) is 0 Å². The molecular weight excluding hydrogens is 338 g/mol. The summed E-state index contributed by atoms with van der Waals surface area (Å²) in [5, 5.41) is 0. The van der Waals surface area contributed by atoms with E-state index in [0.717, 1.165) is 0 Å². The number of carbonyl (C=O) groups excluding carboxylic acids is 2. The van der Waals surface area contributed by atoms with Gasteiger partial charge in [0.05, 0.1) is 12.6 Å². The second-order valence-electron chi connectivity index (χ2n) is 6.58. The molecule has 0 aliphatic rings. The van der Waals surface area contributed by atoms with Gasteiger partial charge in [0.2, 0.25) is 0 Å². The Labute approximate surface area is 163 Å². The van der Waals surface area contributed by atoms with Crippen LogP contribution in [0.1, 0.15) is 45.0 Å². The Balaban J connectivity index is 3.23. The van der Waals surface area contributed by atoms with E-state index in [2.05, 4.69) is 0 Å². The monoisotopic (exact) mass is 369 g/mol. The van der Waals surface area contributed by atoms with Crippen molar-refractivity contribution in [2.24, 2.45) is 5.92 Å². The number of ether oxygens (including phenoxy) is 1. The number of allylic oxidation sites excluding steroid dienone is 3. The Bertz CT molecular complexity index is 687. The van der Waals surface area contributed by atoms with Crippen molar-refractivity contribution in [2.75, 3.05) is 13.2 Å². The van der Waals surface area contributed by atoms with Gasteiger partial charge in [-0.25, -0.2) is 4.79 Å². The molecule has 4 heteroatoms. The first kappa shape index (κ1) is 22.4. The van der Waals surface area contributed by atoms with Gasteiger partial charge in [0.15, 0.2) is 0 Å². The van der Waals surface area contributed by atoms with Crippen molar-refractivity contribution in [1.29, 1.82) is 0 Å². The van der Waals surface area contributed by atoms with Gasteiger partial charge in [-0.2, -0.15) is 0 Å². The summed E-state index contributed by atoms with van der Waals surface area (Å²) in [5.41, 5.74) is 1.14. The number of carbonyl (C=O) groups is 2. The van der Waals surface area contributed by atoms with E-state index in [4.69, 9.17) is 4.74 Å². The first-order valence-electron chi connectivity index (χ1n) is 9.41. The smallest absolute Gasteiger partial charge is 0.333 e. The highest BCUT2D eigenvalue weighted by Crippen LogP contribution is 2.18. The van der Waals surface area contributed by atoms with E-state index in [1.54, 1.807) is 18.7 Å². The minimum Gasteiger partial charge on any atom is -0.463 e. The van der Waals surface area contributed by atoms with Crippen molar-refractivity contribution < 1.29 is 14.3 Å². The third kappa shape index (κ3) is 7.26. The van der Waals surface area contributed by atoms with E-state index in [-0.39, 0.29) is 23.8 Å². The van der Waals surface area contributed by atoms with Gasteiger partial charge in [-0.1, -0.05) is 62.4 Å². The molecule has 27 heavy (non-hydrogen) atoms. The summed E-state index contributed by atoms with van der Waals surface area (Å²) in [5.74, 6) is -0.274. The van der Waals surface area contributed by atoms with Gasteiger partial charge >= 0.3 is 5.97 Å². The number of nitrogens with zero attached hydrogens (tertiary/aromatic N) is 1. The quantitative estimate of drug-likeness (QED) is 0.357. The minimum absolute atomic E-state index is 0.0627. The van der Waals surface area contributed by atoms with Crippen LogP contribution < -0.4 is 0 Å². The zero-order valence-electron chi connectivity index (χ0n) is 17.0. The predicted octanol–water partition coefficient (Wildman–Crippen LogP) is 4.80. The van der Waals surface area contributed by atoms with Crippen molar-refractivity contribution >= 4 is 11.9 Å². The fraction of sp³-hybridized carbons (Fsp3) is 0.391. The molecule has 0 heterocycles. The zero-order valence-corrected chi connectivity index (χ0v) is 17.0. The molecule has 1 amide bonds. The fourth-order valence-electron chi connectivity index (χ4n) is 2.66. The van der Waals surface area contributed by atoms with Crippen LogP contribution in [0, 0.1) is 5.92 Å². The SMILES string of the molecule is C/C=C/C=C\CN(C(=O)c1ccccc1)[C@H](/C=C(\C)C(=O)OCC)C(C)C. The molecule has 0 spiro atoms. The van der Waals surface area contributed by atoms with Gasteiger partial charge in [-0.05, 0) is 38.8 Å². The molecule has 0 aromatic heterocycles. The molecule has 1 rings (SSSR count). The van der Waals surface area contributed by atoms with E-state index < -0.39 is 0 Å². The molecule has 146 valence electrons. The number of amides is 1. The van der Waals surface area contributed by atoms with Crippen LogP contribution in [-0.4, -0.2) is 36.0 Å². The molecule has 4 nitrogen and oxygen atoms in total. The summed E-state index contributed by atoms with van der Waals surface area (Å²) < 4.78 is 5.09. The predicted molar refractivity (Wildman–Crippen MR) is 110 cm³/mol. The third-order valence-electron chi connectivity index (χ3n) is 4.08. The van der Waals surface area contributed by atoms with Crippen LogP contribution in [-0.2, 0) is 9.53 Å². The van der Waals surface area contributed by atoms with Crippen LogP contribution in [0.4, 0.5) is 0 Å². The van der Waals surface area contributed by atoms with Crippen molar-refractivity contribution in [2.45, 2.75) is 40.7 Å². The lowest BCUT2D eigenvalue weighted by molar-refractivity contribution is -0.138. The van der Waals surface area contributed by atoms with Crippen LogP contribution in [0.25, 0.3) is 0 Å². The number of rotatable bonds is 9. The Hall–Kier alpha value is -2.62. The van der Waals surface area contributed by atoms with E-state index in [0.29, 0.717) is 24.3 Å². The molecule has 1 aromatic rings. The summed E-state index contributed by atoms with van der Waals surface area (Å²) in [4.78, 5) is 27.0. The summed E-state index contributed by atoms with van der Waals surface area (Å²) in [6, 6.07) is 8.99. The molecule has 0 fully saturated rings. The van der Waals surface area contributed by atoms with Crippen LogP contribution in [0.5, 0.6) is 0 Å². The fourth-order valence-corrected chi connectivity index (χ4v) is 2.66. The molecule has 0 unspecified atom stereocenters. The maximum atomic E-state index is 13.2. The van der Waals surface area contributed by atoms with Crippen molar-refractivity contribution in [1.82, 2.24) is 4.90 Å². The van der Waals surface area contributed by atoms with Gasteiger partial charge in [-0.3, -0.25) is 4.79 Å². The van der Waals surface area contributed by atoms with Crippen LogP contribution in [0.2, 0.25) is 0 Å². The summed E-state index contributed by atoms with van der Waals surface area (Å²) in [6.45, 7) is 10.3.